The van der Waals surface area contributed by atoms with Gasteiger partial charge in [-0.2, -0.15) is 0 Å². The van der Waals surface area contributed by atoms with Crippen LogP contribution in [-0.2, 0) is 11.3 Å². The summed E-state index contributed by atoms with van der Waals surface area (Å²) in [6.45, 7) is 4.59. The number of piperidine rings is 1. The minimum Gasteiger partial charge on any atom is -0.492 e. The lowest BCUT2D eigenvalue weighted by Gasteiger charge is -2.42. The Bertz CT molecular complexity index is 1340. The Balaban J connectivity index is 1.26. The van der Waals surface area contributed by atoms with E-state index in [1.807, 2.05) is 47.4 Å². The van der Waals surface area contributed by atoms with Crippen LogP contribution >= 0.6 is 0 Å². The maximum atomic E-state index is 14.1. The summed E-state index contributed by atoms with van der Waals surface area (Å²) < 4.78 is 6.56. The van der Waals surface area contributed by atoms with Gasteiger partial charge in [-0.15, -0.1) is 0 Å². The van der Waals surface area contributed by atoms with E-state index >= 15 is 0 Å². The third-order valence-electron chi connectivity index (χ3n) is 9.14. The molecule has 8 heteroatoms. The van der Waals surface area contributed by atoms with E-state index in [0.717, 1.165) is 56.7 Å². The number of hydrogen-bond donors (Lipinski definition) is 0. The normalized spacial score (nSPS) is 19.7. The van der Waals surface area contributed by atoms with Gasteiger partial charge in [0.05, 0.1) is 18.4 Å². The smallest absolute Gasteiger partial charge is 0.257 e. The Morgan fingerprint density at radius 2 is 1.69 bits per heavy atom. The Morgan fingerprint density at radius 3 is 2.45 bits per heavy atom. The number of nitrogens with zero attached hydrogens (tertiary/aromatic N) is 5. The quantitative estimate of drug-likeness (QED) is 0.421. The number of aromatic nitrogens is 2. The van der Waals surface area contributed by atoms with Crippen molar-refractivity contribution >= 4 is 17.6 Å². The molecule has 220 valence electrons. The second kappa shape index (κ2) is 12.9. The minimum atomic E-state index is -0.0572. The van der Waals surface area contributed by atoms with Crippen LogP contribution in [0.25, 0.3) is 0 Å². The van der Waals surface area contributed by atoms with Crippen molar-refractivity contribution in [2.24, 2.45) is 11.3 Å². The highest BCUT2D eigenvalue weighted by molar-refractivity contribution is 5.97. The van der Waals surface area contributed by atoms with Crippen molar-refractivity contribution in [2.45, 2.75) is 51.5 Å². The fraction of sp³-hybridized carbons (Fsp3) is 0.471. The lowest BCUT2D eigenvalue weighted by atomic mass is 9.75. The number of rotatable bonds is 5. The molecule has 2 aliphatic heterocycles. The van der Waals surface area contributed by atoms with Crippen LogP contribution < -0.4 is 9.64 Å². The minimum absolute atomic E-state index is 0.0395. The van der Waals surface area contributed by atoms with Crippen LogP contribution in [0.1, 0.15) is 60.9 Å². The molecule has 2 amide bonds. The van der Waals surface area contributed by atoms with E-state index in [9.17, 15) is 9.59 Å². The molecule has 0 unspecified atom stereocenters. The number of benzene rings is 2. The van der Waals surface area contributed by atoms with Gasteiger partial charge in [0, 0.05) is 63.5 Å². The molecule has 0 N–H and O–H groups in total. The van der Waals surface area contributed by atoms with Gasteiger partial charge in [0.1, 0.15) is 11.6 Å². The molecule has 3 heterocycles. The predicted molar refractivity (Wildman–Crippen MR) is 162 cm³/mol. The molecule has 3 aromatic rings. The summed E-state index contributed by atoms with van der Waals surface area (Å²) in [7, 11) is 0. The van der Waals surface area contributed by atoms with Gasteiger partial charge >= 0.3 is 0 Å². The van der Waals surface area contributed by atoms with Crippen molar-refractivity contribution in [3.8, 4) is 5.75 Å². The third kappa shape index (κ3) is 6.92. The Morgan fingerprint density at radius 1 is 0.905 bits per heavy atom. The van der Waals surface area contributed by atoms with Crippen molar-refractivity contribution in [1.29, 1.82) is 0 Å². The molecule has 1 saturated heterocycles. The van der Waals surface area contributed by atoms with E-state index < -0.39 is 0 Å². The second-order valence-electron chi connectivity index (χ2n) is 12.2. The van der Waals surface area contributed by atoms with Crippen LogP contribution in [0, 0.1) is 11.3 Å². The number of ether oxygens (including phenoxy) is 1. The molecule has 2 fully saturated rings. The van der Waals surface area contributed by atoms with E-state index in [0.29, 0.717) is 55.8 Å². The van der Waals surface area contributed by atoms with Crippen LogP contribution in [0.3, 0.4) is 0 Å². The SMILES string of the molecule is O=C(CC1CC1)N1CCC2(CCCN(c3cnccn3)CCN(Cc3ccccc3)C(=O)c3ccccc3OC2)CC1. The summed E-state index contributed by atoms with van der Waals surface area (Å²) in [6.07, 6.45) is 12.1. The summed E-state index contributed by atoms with van der Waals surface area (Å²) >= 11 is 0. The molecule has 1 aromatic heterocycles. The fourth-order valence-corrected chi connectivity index (χ4v) is 6.30. The first-order chi connectivity index (χ1) is 20.6. The first kappa shape index (κ1) is 28.2. The Kier molecular flexibility index (Phi) is 8.68. The molecule has 1 spiro atoms. The molecule has 42 heavy (non-hydrogen) atoms. The number of hydrogen-bond acceptors (Lipinski definition) is 6. The molecule has 8 nitrogen and oxygen atoms in total. The zero-order chi connectivity index (χ0) is 28.8. The van der Waals surface area contributed by atoms with Crippen LogP contribution in [0.15, 0.2) is 73.2 Å². The summed E-state index contributed by atoms with van der Waals surface area (Å²) in [6, 6.07) is 17.8. The zero-order valence-corrected chi connectivity index (χ0v) is 24.4. The molecule has 0 radical (unpaired) electrons. The van der Waals surface area contributed by atoms with E-state index in [1.165, 1.54) is 12.8 Å². The van der Waals surface area contributed by atoms with Gasteiger partial charge in [0.2, 0.25) is 5.91 Å². The number of carbonyl (C=O) groups is 2. The summed E-state index contributed by atoms with van der Waals surface area (Å²) in [4.78, 5) is 42.1. The third-order valence-corrected chi connectivity index (χ3v) is 9.14. The van der Waals surface area contributed by atoms with E-state index in [-0.39, 0.29) is 11.3 Å². The summed E-state index contributed by atoms with van der Waals surface area (Å²) in [5.74, 6) is 2.33. The molecule has 6 rings (SSSR count). The maximum Gasteiger partial charge on any atom is 0.257 e. The second-order valence-corrected chi connectivity index (χ2v) is 12.2. The monoisotopic (exact) mass is 567 g/mol. The number of anilines is 1. The molecular formula is C34H41N5O3. The Labute approximate surface area is 248 Å². The standard InChI is InChI=1S/C34H41N5O3/c40-32(23-27-11-12-27)38-19-14-34(15-20-38)13-6-18-37(31-24-35-16-17-36-31)21-22-39(25-28-7-2-1-3-8-28)33(41)29-9-4-5-10-30(29)42-26-34/h1-5,7-10,16-17,24,27H,6,11-15,18-23,25-26H2. The predicted octanol–water partition coefficient (Wildman–Crippen LogP) is 5.21. The lowest BCUT2D eigenvalue weighted by Crippen LogP contribution is -2.46. The molecule has 2 aromatic carbocycles. The highest BCUT2D eigenvalue weighted by Gasteiger charge is 2.38. The molecule has 1 saturated carbocycles. The number of para-hydroxylation sites is 1. The average Bonchev–Trinajstić information content (AvgIpc) is 3.86. The summed E-state index contributed by atoms with van der Waals surface area (Å²) in [5, 5.41) is 0. The van der Waals surface area contributed by atoms with Crippen molar-refractivity contribution in [3.63, 3.8) is 0 Å². The van der Waals surface area contributed by atoms with E-state index in [1.54, 1.807) is 18.6 Å². The van der Waals surface area contributed by atoms with Gasteiger partial charge in [0.15, 0.2) is 0 Å². The highest BCUT2D eigenvalue weighted by atomic mass is 16.5. The number of fused-ring (bicyclic) bond motifs is 1. The van der Waals surface area contributed by atoms with Gasteiger partial charge < -0.3 is 19.4 Å². The topological polar surface area (TPSA) is 78.9 Å². The van der Waals surface area contributed by atoms with Crippen molar-refractivity contribution < 1.29 is 14.3 Å². The molecule has 1 aliphatic carbocycles. The van der Waals surface area contributed by atoms with Gasteiger partial charge in [0.25, 0.3) is 5.91 Å². The highest BCUT2D eigenvalue weighted by Crippen LogP contribution is 2.39. The van der Waals surface area contributed by atoms with Gasteiger partial charge in [-0.25, -0.2) is 4.98 Å². The zero-order valence-electron chi connectivity index (χ0n) is 24.4. The number of amides is 2. The van der Waals surface area contributed by atoms with Gasteiger partial charge in [-0.3, -0.25) is 14.6 Å². The number of carbonyl (C=O) groups excluding carboxylic acids is 2. The van der Waals surface area contributed by atoms with Crippen molar-refractivity contribution in [3.05, 3.63) is 84.3 Å². The summed E-state index contributed by atoms with van der Waals surface area (Å²) in [5.41, 5.74) is 1.62. The van der Waals surface area contributed by atoms with Crippen LogP contribution in [0.4, 0.5) is 5.82 Å². The van der Waals surface area contributed by atoms with Crippen LogP contribution in [0.2, 0.25) is 0 Å². The van der Waals surface area contributed by atoms with Crippen molar-refractivity contribution in [1.82, 2.24) is 19.8 Å². The van der Waals surface area contributed by atoms with Crippen molar-refractivity contribution in [2.75, 3.05) is 44.2 Å². The molecule has 3 aliphatic rings. The van der Waals surface area contributed by atoms with Crippen LogP contribution in [-0.4, -0.2) is 70.9 Å². The number of likely N-dealkylation sites (tertiary alicyclic amines) is 1. The van der Waals surface area contributed by atoms with Crippen LogP contribution in [0.5, 0.6) is 5.75 Å². The first-order valence-corrected chi connectivity index (χ1v) is 15.4. The maximum absolute atomic E-state index is 14.1. The van der Waals surface area contributed by atoms with E-state index in [2.05, 4.69) is 31.9 Å². The molecular weight excluding hydrogens is 526 g/mol. The fourth-order valence-electron chi connectivity index (χ4n) is 6.30. The van der Waals surface area contributed by atoms with Gasteiger partial charge in [-0.05, 0) is 62.1 Å². The van der Waals surface area contributed by atoms with E-state index in [4.69, 9.17) is 4.74 Å². The van der Waals surface area contributed by atoms with Gasteiger partial charge in [-0.1, -0.05) is 42.5 Å². The molecule has 0 bridgehead atoms. The average molecular weight is 568 g/mol. The molecule has 0 atom stereocenters. The Hall–Kier alpha value is -3.94. The lowest BCUT2D eigenvalue weighted by molar-refractivity contribution is -0.134. The first-order valence-electron chi connectivity index (χ1n) is 15.4. The largest absolute Gasteiger partial charge is 0.492 e.